The molecule has 1 atom stereocenters. The van der Waals surface area contributed by atoms with Gasteiger partial charge in [-0.3, -0.25) is 4.79 Å². The van der Waals surface area contributed by atoms with Crippen LogP contribution in [0.15, 0.2) is 71.6 Å². The number of likely N-dealkylation sites (tertiary alicyclic amines) is 1. The number of nitrogens with zero attached hydrogens (tertiary/aromatic N) is 1. The second kappa shape index (κ2) is 6.57. The molecule has 1 aliphatic heterocycles. The van der Waals surface area contributed by atoms with Crippen LogP contribution in [0.3, 0.4) is 0 Å². The molecule has 0 spiro atoms. The van der Waals surface area contributed by atoms with Gasteiger partial charge in [-0.1, -0.05) is 42.5 Å². The molecule has 3 aromatic rings. The Balaban J connectivity index is 1.55. The summed E-state index contributed by atoms with van der Waals surface area (Å²) in [5, 5.41) is 1.44. The van der Waals surface area contributed by atoms with E-state index >= 15 is 0 Å². The zero-order chi connectivity index (χ0) is 18.1. The second-order valence-electron chi connectivity index (χ2n) is 6.50. The van der Waals surface area contributed by atoms with Crippen LogP contribution in [0, 0.1) is 6.07 Å². The van der Waals surface area contributed by atoms with Crippen molar-refractivity contribution in [1.82, 2.24) is 4.90 Å². The lowest BCUT2D eigenvalue weighted by atomic mass is 10.1. The molecule has 1 unspecified atom stereocenters. The molecule has 4 nitrogen and oxygen atoms in total. The van der Waals surface area contributed by atoms with Gasteiger partial charge in [-0.15, -0.1) is 0 Å². The van der Waals surface area contributed by atoms with E-state index in [0.29, 0.717) is 23.4 Å². The van der Waals surface area contributed by atoms with Gasteiger partial charge in [0.2, 0.25) is 0 Å². The van der Waals surface area contributed by atoms with E-state index in [2.05, 4.69) is 6.07 Å². The number of carbonyl (C=O) groups is 1. The molecule has 0 saturated carbocycles. The van der Waals surface area contributed by atoms with Crippen LogP contribution in [-0.4, -0.2) is 37.6 Å². The molecule has 0 aliphatic carbocycles. The Hall–Kier alpha value is -2.66. The summed E-state index contributed by atoms with van der Waals surface area (Å²) in [6.07, 6.45) is 0.455. The lowest BCUT2D eigenvalue weighted by Gasteiger charge is -2.17. The average molecular weight is 364 g/mol. The molecule has 1 fully saturated rings. The molecule has 1 amide bonds. The van der Waals surface area contributed by atoms with Gasteiger partial charge in [0.1, 0.15) is 0 Å². The first-order valence-electron chi connectivity index (χ1n) is 8.54. The molecule has 1 radical (unpaired) electrons. The van der Waals surface area contributed by atoms with Crippen molar-refractivity contribution in [2.45, 2.75) is 16.6 Å². The minimum atomic E-state index is -3.43. The van der Waals surface area contributed by atoms with Crippen LogP contribution < -0.4 is 0 Å². The Morgan fingerprint density at radius 3 is 2.46 bits per heavy atom. The van der Waals surface area contributed by atoms with Crippen LogP contribution in [0.25, 0.3) is 10.8 Å². The van der Waals surface area contributed by atoms with Crippen LogP contribution in [0.5, 0.6) is 0 Å². The molecule has 0 N–H and O–H groups in total. The third kappa shape index (κ3) is 2.99. The number of carbonyl (C=O) groups excluding carboxylic acids is 1. The van der Waals surface area contributed by atoms with Crippen molar-refractivity contribution in [2.75, 3.05) is 13.1 Å². The maximum absolute atomic E-state index is 12.8. The van der Waals surface area contributed by atoms with Crippen molar-refractivity contribution < 1.29 is 13.2 Å². The third-order valence-electron chi connectivity index (χ3n) is 4.85. The largest absolute Gasteiger partial charge is 0.337 e. The molecular weight excluding hydrogens is 346 g/mol. The summed E-state index contributed by atoms with van der Waals surface area (Å²) in [6, 6.07) is 22.9. The topological polar surface area (TPSA) is 54.5 Å². The third-order valence-corrected chi connectivity index (χ3v) is 7.04. The second-order valence-corrected chi connectivity index (χ2v) is 8.72. The van der Waals surface area contributed by atoms with Crippen LogP contribution >= 0.6 is 0 Å². The van der Waals surface area contributed by atoms with Crippen molar-refractivity contribution in [2.24, 2.45) is 0 Å². The summed E-state index contributed by atoms with van der Waals surface area (Å²) < 4.78 is 25.5. The SMILES string of the molecule is O=C(c1[c]cc2ccccc2c1)N1CCC(S(=O)(=O)c2ccccc2)C1. The van der Waals surface area contributed by atoms with Crippen molar-refractivity contribution in [3.05, 3.63) is 78.4 Å². The molecule has 4 rings (SSSR count). The maximum atomic E-state index is 12.8. The normalized spacial score (nSPS) is 17.5. The minimum absolute atomic E-state index is 0.165. The summed E-state index contributed by atoms with van der Waals surface area (Å²) in [5.41, 5.74) is 0.474. The quantitative estimate of drug-likeness (QED) is 0.716. The van der Waals surface area contributed by atoms with E-state index in [1.807, 2.05) is 30.3 Å². The van der Waals surface area contributed by atoms with Crippen LogP contribution in [0.2, 0.25) is 0 Å². The first-order valence-corrected chi connectivity index (χ1v) is 10.1. The van der Waals surface area contributed by atoms with Gasteiger partial charge in [-0.2, -0.15) is 0 Å². The first kappa shape index (κ1) is 16.8. The molecule has 0 bridgehead atoms. The molecule has 131 valence electrons. The summed E-state index contributed by atoms with van der Waals surface area (Å²) in [6.45, 7) is 0.660. The van der Waals surface area contributed by atoms with Gasteiger partial charge in [-0.25, -0.2) is 8.42 Å². The highest BCUT2D eigenvalue weighted by Gasteiger charge is 2.36. The molecular formula is C21H18NO3S. The predicted molar refractivity (Wildman–Crippen MR) is 101 cm³/mol. The lowest BCUT2D eigenvalue weighted by Crippen LogP contribution is -2.32. The Bertz CT molecular complexity index is 1060. The van der Waals surface area contributed by atoms with E-state index in [1.54, 1.807) is 41.3 Å². The van der Waals surface area contributed by atoms with Crippen molar-refractivity contribution in [1.29, 1.82) is 0 Å². The van der Waals surface area contributed by atoms with Crippen LogP contribution in [-0.2, 0) is 9.84 Å². The minimum Gasteiger partial charge on any atom is -0.337 e. The molecule has 1 saturated heterocycles. The van der Waals surface area contributed by atoms with Gasteiger partial charge < -0.3 is 4.90 Å². The number of fused-ring (bicyclic) bond motifs is 1. The smallest absolute Gasteiger partial charge is 0.254 e. The number of amides is 1. The molecule has 5 heteroatoms. The van der Waals surface area contributed by atoms with E-state index in [1.165, 1.54) is 0 Å². The van der Waals surface area contributed by atoms with E-state index in [-0.39, 0.29) is 12.5 Å². The van der Waals surface area contributed by atoms with Gasteiger partial charge in [0, 0.05) is 18.7 Å². The van der Waals surface area contributed by atoms with E-state index < -0.39 is 15.1 Å². The van der Waals surface area contributed by atoms with Crippen LogP contribution in [0.4, 0.5) is 0 Å². The summed E-state index contributed by atoms with van der Waals surface area (Å²) in [4.78, 5) is 14.7. The summed E-state index contributed by atoms with van der Waals surface area (Å²) in [5.74, 6) is -0.165. The standard InChI is InChI=1S/C21H18NO3S/c23-21(18-11-10-16-6-4-5-7-17(16)14-18)22-13-12-20(15-22)26(24,25)19-8-2-1-3-9-19/h1-10,14,20H,12-13,15H2. The van der Waals surface area contributed by atoms with E-state index in [0.717, 1.165) is 10.8 Å². The highest BCUT2D eigenvalue weighted by molar-refractivity contribution is 7.92. The number of hydrogen-bond acceptors (Lipinski definition) is 3. The van der Waals surface area contributed by atoms with Crippen LogP contribution in [0.1, 0.15) is 16.8 Å². The van der Waals surface area contributed by atoms with Crippen molar-refractivity contribution in [3.8, 4) is 0 Å². The Morgan fingerprint density at radius 1 is 1.00 bits per heavy atom. The van der Waals surface area contributed by atoms with E-state index in [9.17, 15) is 13.2 Å². The van der Waals surface area contributed by atoms with Crippen molar-refractivity contribution in [3.63, 3.8) is 0 Å². The fraction of sp³-hybridized carbons (Fsp3) is 0.190. The molecule has 3 aromatic carbocycles. The number of sulfone groups is 1. The number of hydrogen-bond donors (Lipinski definition) is 0. The average Bonchev–Trinajstić information content (AvgIpc) is 3.19. The molecule has 0 aromatic heterocycles. The van der Waals surface area contributed by atoms with Gasteiger partial charge in [0.15, 0.2) is 9.84 Å². The predicted octanol–water partition coefficient (Wildman–Crippen LogP) is 3.33. The summed E-state index contributed by atoms with van der Waals surface area (Å²) >= 11 is 0. The van der Waals surface area contributed by atoms with Gasteiger partial charge in [0.25, 0.3) is 5.91 Å². The lowest BCUT2D eigenvalue weighted by molar-refractivity contribution is 0.0793. The molecule has 1 heterocycles. The Morgan fingerprint density at radius 2 is 1.69 bits per heavy atom. The fourth-order valence-electron chi connectivity index (χ4n) is 3.39. The maximum Gasteiger partial charge on any atom is 0.254 e. The Kier molecular flexibility index (Phi) is 4.24. The summed E-state index contributed by atoms with van der Waals surface area (Å²) in [7, 11) is -3.43. The molecule has 26 heavy (non-hydrogen) atoms. The zero-order valence-corrected chi connectivity index (χ0v) is 14.9. The van der Waals surface area contributed by atoms with Gasteiger partial charge in [0.05, 0.1) is 10.1 Å². The molecule has 1 aliphatic rings. The number of benzene rings is 3. The van der Waals surface area contributed by atoms with Gasteiger partial charge in [-0.05, 0) is 47.5 Å². The highest BCUT2D eigenvalue weighted by atomic mass is 32.2. The fourth-order valence-corrected chi connectivity index (χ4v) is 5.10. The van der Waals surface area contributed by atoms with Crippen molar-refractivity contribution >= 4 is 26.5 Å². The zero-order valence-electron chi connectivity index (χ0n) is 14.1. The first-order chi connectivity index (χ1) is 12.6. The Labute approximate surface area is 153 Å². The number of rotatable bonds is 3. The van der Waals surface area contributed by atoms with E-state index in [4.69, 9.17) is 0 Å². The highest BCUT2D eigenvalue weighted by Crippen LogP contribution is 2.25. The monoisotopic (exact) mass is 364 g/mol. The van der Waals surface area contributed by atoms with Gasteiger partial charge >= 0.3 is 0 Å².